The van der Waals surface area contributed by atoms with E-state index in [0.717, 1.165) is 17.0 Å². The van der Waals surface area contributed by atoms with Gasteiger partial charge in [-0.15, -0.1) is 11.3 Å². The Bertz CT molecular complexity index is 1020. The van der Waals surface area contributed by atoms with Crippen molar-refractivity contribution >= 4 is 23.3 Å². The van der Waals surface area contributed by atoms with E-state index in [4.69, 9.17) is 9.47 Å². The van der Waals surface area contributed by atoms with E-state index in [1.165, 1.54) is 4.57 Å². The molecule has 3 aromatic rings. The summed E-state index contributed by atoms with van der Waals surface area (Å²) in [7, 11) is 0. The molecule has 0 aliphatic carbocycles. The minimum absolute atomic E-state index is 0.0487. The molecular formula is C18H17N3O5S. The zero-order chi connectivity index (χ0) is 19.4. The third-order valence-electron chi connectivity index (χ3n) is 3.67. The SMILES string of the molecule is CCOC(=O)c1nc(COC(=O)c2ccc(-n3c(C)c[nH]c3=O)cc2)cs1. The van der Waals surface area contributed by atoms with Gasteiger partial charge in [-0.2, -0.15) is 0 Å². The molecule has 1 N–H and O–H groups in total. The summed E-state index contributed by atoms with van der Waals surface area (Å²) >= 11 is 1.14. The first-order valence-electron chi connectivity index (χ1n) is 8.15. The maximum atomic E-state index is 12.2. The molecule has 1 aromatic carbocycles. The maximum absolute atomic E-state index is 12.2. The first-order valence-corrected chi connectivity index (χ1v) is 9.03. The van der Waals surface area contributed by atoms with E-state index in [9.17, 15) is 14.4 Å². The maximum Gasteiger partial charge on any atom is 0.367 e. The molecule has 0 radical (unpaired) electrons. The summed E-state index contributed by atoms with van der Waals surface area (Å²) in [6.07, 6.45) is 1.61. The Hall–Kier alpha value is -3.20. The molecule has 0 amide bonds. The highest BCUT2D eigenvalue weighted by atomic mass is 32.1. The number of esters is 2. The molecule has 3 rings (SSSR count). The second-order valence-corrected chi connectivity index (χ2v) is 6.42. The van der Waals surface area contributed by atoms with Gasteiger partial charge in [-0.3, -0.25) is 4.57 Å². The predicted molar refractivity (Wildman–Crippen MR) is 98.3 cm³/mol. The lowest BCUT2D eigenvalue weighted by Gasteiger charge is -2.06. The largest absolute Gasteiger partial charge is 0.461 e. The monoisotopic (exact) mass is 387 g/mol. The van der Waals surface area contributed by atoms with Crippen LogP contribution in [0.15, 0.2) is 40.6 Å². The van der Waals surface area contributed by atoms with Crippen molar-refractivity contribution in [1.82, 2.24) is 14.5 Å². The summed E-state index contributed by atoms with van der Waals surface area (Å²) in [6.45, 7) is 3.74. The van der Waals surface area contributed by atoms with Crippen LogP contribution in [0.25, 0.3) is 5.69 Å². The van der Waals surface area contributed by atoms with Crippen LogP contribution in [0.3, 0.4) is 0 Å². The van der Waals surface area contributed by atoms with Crippen LogP contribution < -0.4 is 5.69 Å². The highest BCUT2D eigenvalue weighted by Crippen LogP contribution is 2.14. The normalized spacial score (nSPS) is 10.6. The first kappa shape index (κ1) is 18.6. The topological polar surface area (TPSA) is 103 Å². The molecule has 2 heterocycles. The number of ether oxygens (including phenoxy) is 2. The number of aromatic amines is 1. The molecule has 2 aromatic heterocycles. The van der Waals surface area contributed by atoms with Crippen molar-refractivity contribution in [2.75, 3.05) is 6.61 Å². The smallest absolute Gasteiger partial charge is 0.367 e. The quantitative estimate of drug-likeness (QED) is 0.652. The number of benzene rings is 1. The van der Waals surface area contributed by atoms with Gasteiger partial charge in [0.25, 0.3) is 0 Å². The van der Waals surface area contributed by atoms with Gasteiger partial charge in [0.15, 0.2) is 0 Å². The van der Waals surface area contributed by atoms with E-state index in [2.05, 4.69) is 9.97 Å². The Morgan fingerprint density at radius 3 is 2.56 bits per heavy atom. The third-order valence-corrected chi connectivity index (χ3v) is 4.55. The van der Waals surface area contributed by atoms with Gasteiger partial charge in [0, 0.05) is 17.3 Å². The number of carbonyl (C=O) groups is 2. The molecule has 0 unspecified atom stereocenters. The molecule has 0 atom stereocenters. The van der Waals surface area contributed by atoms with E-state index < -0.39 is 11.9 Å². The number of imidazole rings is 1. The Kier molecular flexibility index (Phi) is 5.51. The van der Waals surface area contributed by atoms with Gasteiger partial charge < -0.3 is 14.5 Å². The molecular weight excluding hydrogens is 370 g/mol. The first-order chi connectivity index (χ1) is 13.0. The fourth-order valence-electron chi connectivity index (χ4n) is 2.41. The summed E-state index contributed by atoms with van der Waals surface area (Å²) in [5.74, 6) is -1.02. The number of thiazole rings is 1. The molecule has 0 fully saturated rings. The average molecular weight is 387 g/mol. The second kappa shape index (κ2) is 8.00. The highest BCUT2D eigenvalue weighted by molar-refractivity contribution is 7.11. The van der Waals surface area contributed by atoms with Crippen LogP contribution in [-0.4, -0.2) is 33.1 Å². The van der Waals surface area contributed by atoms with Gasteiger partial charge in [0.2, 0.25) is 5.01 Å². The number of nitrogens with one attached hydrogen (secondary N) is 1. The van der Waals surface area contributed by atoms with Crippen LogP contribution in [0.2, 0.25) is 0 Å². The van der Waals surface area contributed by atoms with E-state index >= 15 is 0 Å². The number of hydrogen-bond donors (Lipinski definition) is 1. The van der Waals surface area contributed by atoms with E-state index in [-0.39, 0.29) is 23.9 Å². The number of H-pyrrole nitrogens is 1. The lowest BCUT2D eigenvalue weighted by Crippen LogP contribution is -2.16. The standard InChI is InChI=1S/C18H17N3O5S/c1-3-25-17(23)15-20-13(10-27-15)9-26-16(22)12-4-6-14(7-5-12)21-11(2)8-19-18(21)24/h4-8,10H,3,9H2,1-2H3,(H,19,24). The lowest BCUT2D eigenvalue weighted by molar-refractivity contribution is 0.0468. The van der Waals surface area contributed by atoms with E-state index in [1.54, 1.807) is 49.7 Å². The minimum Gasteiger partial charge on any atom is -0.461 e. The molecule has 9 heteroatoms. The van der Waals surface area contributed by atoms with Crippen molar-refractivity contribution < 1.29 is 19.1 Å². The molecule has 140 valence electrons. The third kappa shape index (κ3) is 4.14. The van der Waals surface area contributed by atoms with Crippen LogP contribution in [0.5, 0.6) is 0 Å². The number of carbonyl (C=O) groups excluding carboxylic acids is 2. The minimum atomic E-state index is -0.523. The number of aromatic nitrogens is 3. The Morgan fingerprint density at radius 1 is 1.19 bits per heavy atom. The zero-order valence-corrected chi connectivity index (χ0v) is 15.5. The number of aryl methyl sites for hydroxylation is 1. The van der Waals surface area contributed by atoms with Gasteiger partial charge in [0.05, 0.1) is 23.6 Å². The van der Waals surface area contributed by atoms with E-state index in [1.807, 2.05) is 0 Å². The Morgan fingerprint density at radius 2 is 1.93 bits per heavy atom. The summed E-state index contributed by atoms with van der Waals surface area (Å²) in [5.41, 5.74) is 1.98. The molecule has 0 aliphatic rings. The second-order valence-electron chi connectivity index (χ2n) is 5.56. The molecule has 0 saturated carbocycles. The van der Waals surface area contributed by atoms with Crippen molar-refractivity contribution in [3.63, 3.8) is 0 Å². The number of nitrogens with zero attached hydrogens (tertiary/aromatic N) is 2. The molecule has 0 bridgehead atoms. The van der Waals surface area contributed by atoms with Crippen molar-refractivity contribution in [2.24, 2.45) is 0 Å². The van der Waals surface area contributed by atoms with Gasteiger partial charge >= 0.3 is 17.6 Å². The van der Waals surface area contributed by atoms with Crippen LogP contribution in [-0.2, 0) is 16.1 Å². The van der Waals surface area contributed by atoms with Crippen molar-refractivity contribution in [3.05, 3.63) is 68.3 Å². The van der Waals surface area contributed by atoms with Crippen LogP contribution in [0, 0.1) is 6.92 Å². The number of rotatable bonds is 6. The molecule has 8 nitrogen and oxygen atoms in total. The Labute approximate surface area is 158 Å². The fraction of sp³-hybridized carbons (Fsp3) is 0.222. The van der Waals surface area contributed by atoms with Crippen LogP contribution >= 0.6 is 11.3 Å². The van der Waals surface area contributed by atoms with E-state index in [0.29, 0.717) is 16.9 Å². The lowest BCUT2D eigenvalue weighted by atomic mass is 10.2. The van der Waals surface area contributed by atoms with Crippen molar-refractivity contribution in [1.29, 1.82) is 0 Å². The Balaban J connectivity index is 1.63. The zero-order valence-electron chi connectivity index (χ0n) is 14.7. The predicted octanol–water partition coefficient (Wildman–Crippen LogP) is 2.46. The van der Waals surface area contributed by atoms with Gasteiger partial charge in [0.1, 0.15) is 6.61 Å². The fourth-order valence-corrected chi connectivity index (χ4v) is 3.10. The van der Waals surface area contributed by atoms with Gasteiger partial charge in [-0.1, -0.05) is 0 Å². The molecule has 0 spiro atoms. The summed E-state index contributed by atoms with van der Waals surface area (Å²) in [5, 5.41) is 1.86. The summed E-state index contributed by atoms with van der Waals surface area (Å²) < 4.78 is 11.6. The van der Waals surface area contributed by atoms with Crippen LogP contribution in [0.1, 0.15) is 38.5 Å². The highest BCUT2D eigenvalue weighted by Gasteiger charge is 2.14. The molecule has 27 heavy (non-hydrogen) atoms. The number of hydrogen-bond acceptors (Lipinski definition) is 7. The van der Waals surface area contributed by atoms with Crippen molar-refractivity contribution in [3.8, 4) is 5.69 Å². The molecule has 0 aliphatic heterocycles. The van der Waals surface area contributed by atoms with Crippen molar-refractivity contribution in [2.45, 2.75) is 20.5 Å². The summed E-state index contributed by atoms with van der Waals surface area (Å²) in [6, 6.07) is 6.50. The van der Waals surface area contributed by atoms with Gasteiger partial charge in [-0.05, 0) is 38.1 Å². The van der Waals surface area contributed by atoms with Crippen LogP contribution in [0.4, 0.5) is 0 Å². The average Bonchev–Trinajstić information content (AvgIpc) is 3.27. The van der Waals surface area contributed by atoms with Gasteiger partial charge in [-0.25, -0.2) is 19.4 Å². The molecule has 0 saturated heterocycles. The summed E-state index contributed by atoms with van der Waals surface area (Å²) in [4.78, 5) is 42.2.